The fourth-order valence-electron chi connectivity index (χ4n) is 3.50. The first-order valence-electron chi connectivity index (χ1n) is 10.9. The lowest BCUT2D eigenvalue weighted by atomic mass is 9.99. The third-order valence-corrected chi connectivity index (χ3v) is 6.33. The summed E-state index contributed by atoms with van der Waals surface area (Å²) in [4.78, 5) is 4.92. The van der Waals surface area contributed by atoms with E-state index in [2.05, 4.69) is 62.4 Å². The number of aromatic nitrogens is 1. The Morgan fingerprint density at radius 3 is 2.27 bits per heavy atom. The van der Waals surface area contributed by atoms with E-state index in [0.29, 0.717) is 5.56 Å². The van der Waals surface area contributed by atoms with E-state index in [1.54, 1.807) is 11.8 Å². The van der Waals surface area contributed by atoms with Crippen molar-refractivity contribution in [2.75, 3.05) is 5.75 Å². The van der Waals surface area contributed by atoms with Crippen LogP contribution in [0.3, 0.4) is 0 Å². The van der Waals surface area contributed by atoms with Crippen molar-refractivity contribution in [3.63, 3.8) is 0 Å². The van der Waals surface area contributed by atoms with Gasteiger partial charge in [0.2, 0.25) is 0 Å². The summed E-state index contributed by atoms with van der Waals surface area (Å²) in [7, 11) is 0. The van der Waals surface area contributed by atoms with Gasteiger partial charge in [0, 0.05) is 11.1 Å². The van der Waals surface area contributed by atoms with E-state index in [-0.39, 0.29) is 0 Å². The Kier molecular flexibility index (Phi) is 8.53. The SMILES string of the molecule is CCCCCCCCSc1nc(-c2ccc(C)cc2)cc(-c2ccccc2)c1C#N. The van der Waals surface area contributed by atoms with Crippen LogP contribution in [-0.2, 0) is 0 Å². The Balaban J connectivity index is 1.89. The maximum Gasteiger partial charge on any atom is 0.115 e. The fourth-order valence-corrected chi connectivity index (χ4v) is 4.51. The first kappa shape index (κ1) is 22.1. The molecule has 0 spiro atoms. The summed E-state index contributed by atoms with van der Waals surface area (Å²) in [5.74, 6) is 0.999. The highest BCUT2D eigenvalue weighted by Gasteiger charge is 2.15. The van der Waals surface area contributed by atoms with Crippen molar-refractivity contribution in [1.29, 1.82) is 5.26 Å². The summed E-state index contributed by atoms with van der Waals surface area (Å²) in [6.45, 7) is 4.34. The number of aryl methyl sites for hydroxylation is 1. The Bertz CT molecular complexity index is 972. The Labute approximate surface area is 185 Å². The number of nitriles is 1. The number of thioether (sulfide) groups is 1. The molecule has 0 unspecified atom stereocenters. The molecule has 0 aliphatic carbocycles. The molecule has 1 aromatic heterocycles. The molecule has 0 atom stereocenters. The molecule has 3 rings (SSSR count). The molecule has 30 heavy (non-hydrogen) atoms. The van der Waals surface area contributed by atoms with Crippen LogP contribution in [0.5, 0.6) is 0 Å². The number of unbranched alkanes of at least 4 members (excludes halogenated alkanes) is 5. The van der Waals surface area contributed by atoms with Crippen molar-refractivity contribution < 1.29 is 0 Å². The minimum atomic E-state index is 0.688. The molecule has 2 aromatic carbocycles. The van der Waals surface area contributed by atoms with Gasteiger partial charge in [0.1, 0.15) is 11.1 Å². The van der Waals surface area contributed by atoms with Crippen LogP contribution in [0, 0.1) is 18.3 Å². The molecular formula is C27H30N2S. The van der Waals surface area contributed by atoms with Gasteiger partial charge in [-0.15, -0.1) is 11.8 Å². The highest BCUT2D eigenvalue weighted by atomic mass is 32.2. The summed E-state index contributed by atoms with van der Waals surface area (Å²) in [5.41, 5.74) is 5.96. The molecule has 2 nitrogen and oxygen atoms in total. The van der Waals surface area contributed by atoms with Gasteiger partial charge in [-0.1, -0.05) is 99.2 Å². The zero-order valence-corrected chi connectivity index (χ0v) is 18.8. The van der Waals surface area contributed by atoms with E-state index in [0.717, 1.165) is 39.6 Å². The minimum Gasteiger partial charge on any atom is -0.240 e. The number of nitrogens with zero attached hydrogens (tertiary/aromatic N) is 2. The zero-order chi connectivity index (χ0) is 21.2. The van der Waals surface area contributed by atoms with Crippen LogP contribution in [0.1, 0.15) is 56.6 Å². The standard InChI is InChI=1S/C27H30N2S/c1-3-4-5-6-7-11-18-30-27-25(20-28)24(22-12-9-8-10-13-22)19-26(29-27)23-16-14-21(2)15-17-23/h8-10,12-17,19H,3-7,11,18H2,1-2H3. The molecule has 0 amide bonds. The van der Waals surface area contributed by atoms with Crippen LogP contribution in [0.25, 0.3) is 22.4 Å². The summed E-state index contributed by atoms with van der Waals surface area (Å²) < 4.78 is 0. The van der Waals surface area contributed by atoms with Gasteiger partial charge in [-0.25, -0.2) is 4.98 Å². The van der Waals surface area contributed by atoms with Gasteiger partial charge in [0.15, 0.2) is 0 Å². The molecule has 0 aliphatic heterocycles. The van der Waals surface area contributed by atoms with Crippen molar-refractivity contribution in [3.05, 3.63) is 71.8 Å². The van der Waals surface area contributed by atoms with Gasteiger partial charge in [0.25, 0.3) is 0 Å². The molecule has 0 saturated carbocycles. The average Bonchev–Trinajstić information content (AvgIpc) is 2.79. The number of rotatable bonds is 10. The van der Waals surface area contributed by atoms with Crippen molar-refractivity contribution in [2.45, 2.75) is 57.4 Å². The van der Waals surface area contributed by atoms with E-state index >= 15 is 0 Å². The number of hydrogen-bond donors (Lipinski definition) is 0. The number of benzene rings is 2. The fraction of sp³-hybridized carbons (Fsp3) is 0.333. The Morgan fingerprint density at radius 2 is 1.57 bits per heavy atom. The monoisotopic (exact) mass is 414 g/mol. The van der Waals surface area contributed by atoms with E-state index < -0.39 is 0 Å². The van der Waals surface area contributed by atoms with Crippen LogP contribution in [-0.4, -0.2) is 10.7 Å². The van der Waals surface area contributed by atoms with Crippen LogP contribution >= 0.6 is 11.8 Å². The minimum absolute atomic E-state index is 0.688. The Hall–Kier alpha value is -2.57. The maximum atomic E-state index is 9.95. The van der Waals surface area contributed by atoms with Crippen LogP contribution in [0.4, 0.5) is 0 Å². The quantitative estimate of drug-likeness (QED) is 0.249. The first-order valence-corrected chi connectivity index (χ1v) is 11.9. The molecular weight excluding hydrogens is 384 g/mol. The van der Waals surface area contributed by atoms with Crippen molar-refractivity contribution >= 4 is 11.8 Å². The lowest BCUT2D eigenvalue weighted by Gasteiger charge is -2.13. The predicted octanol–water partition coefficient (Wildman–Crippen LogP) is 8.05. The third-order valence-electron chi connectivity index (χ3n) is 5.27. The molecule has 0 bridgehead atoms. The van der Waals surface area contributed by atoms with E-state index in [9.17, 15) is 5.26 Å². The van der Waals surface area contributed by atoms with Crippen molar-refractivity contribution in [1.82, 2.24) is 4.98 Å². The van der Waals surface area contributed by atoms with Gasteiger partial charge in [-0.05, 0) is 30.7 Å². The summed E-state index contributed by atoms with van der Waals surface area (Å²) >= 11 is 1.72. The first-order chi connectivity index (χ1) is 14.7. The summed E-state index contributed by atoms with van der Waals surface area (Å²) in [6, 6.07) is 23.1. The van der Waals surface area contributed by atoms with Gasteiger partial charge in [0.05, 0.1) is 11.3 Å². The summed E-state index contributed by atoms with van der Waals surface area (Å²) in [5, 5.41) is 10.8. The second-order valence-electron chi connectivity index (χ2n) is 7.70. The van der Waals surface area contributed by atoms with Gasteiger partial charge in [-0.2, -0.15) is 5.26 Å². The second-order valence-corrected chi connectivity index (χ2v) is 8.78. The molecule has 3 heteroatoms. The van der Waals surface area contributed by atoms with Crippen LogP contribution in [0.15, 0.2) is 65.7 Å². The zero-order valence-electron chi connectivity index (χ0n) is 18.0. The third kappa shape index (κ3) is 5.97. The highest BCUT2D eigenvalue weighted by Crippen LogP contribution is 2.34. The molecule has 3 aromatic rings. The molecule has 1 heterocycles. The van der Waals surface area contributed by atoms with Crippen LogP contribution < -0.4 is 0 Å². The highest BCUT2D eigenvalue weighted by molar-refractivity contribution is 7.99. The lowest BCUT2D eigenvalue weighted by molar-refractivity contribution is 0.627. The Morgan fingerprint density at radius 1 is 0.867 bits per heavy atom. The normalized spacial score (nSPS) is 10.7. The average molecular weight is 415 g/mol. The summed E-state index contributed by atoms with van der Waals surface area (Å²) in [6.07, 6.45) is 7.63. The van der Waals surface area contributed by atoms with Crippen molar-refractivity contribution in [3.8, 4) is 28.5 Å². The molecule has 0 saturated heterocycles. The number of hydrogen-bond acceptors (Lipinski definition) is 3. The topological polar surface area (TPSA) is 36.7 Å². The van der Waals surface area contributed by atoms with E-state index in [1.165, 1.54) is 37.7 Å². The second kappa shape index (κ2) is 11.6. The predicted molar refractivity (Wildman–Crippen MR) is 129 cm³/mol. The molecule has 154 valence electrons. The molecule has 0 radical (unpaired) electrons. The largest absolute Gasteiger partial charge is 0.240 e. The molecule has 0 fully saturated rings. The van der Waals surface area contributed by atoms with E-state index in [1.807, 2.05) is 18.2 Å². The molecule has 0 aliphatic rings. The smallest absolute Gasteiger partial charge is 0.115 e. The van der Waals surface area contributed by atoms with Gasteiger partial charge in [-0.3, -0.25) is 0 Å². The maximum absolute atomic E-state index is 9.95. The number of pyridine rings is 1. The lowest BCUT2D eigenvalue weighted by Crippen LogP contribution is -1.96. The van der Waals surface area contributed by atoms with Crippen molar-refractivity contribution in [2.24, 2.45) is 0 Å². The van der Waals surface area contributed by atoms with Gasteiger partial charge >= 0.3 is 0 Å². The van der Waals surface area contributed by atoms with Gasteiger partial charge < -0.3 is 0 Å². The van der Waals surface area contributed by atoms with Crippen LogP contribution in [0.2, 0.25) is 0 Å². The van der Waals surface area contributed by atoms with E-state index in [4.69, 9.17) is 4.98 Å². The molecule has 0 N–H and O–H groups in total.